The van der Waals surface area contributed by atoms with Crippen LogP contribution in [0.5, 0.6) is 0 Å². The number of aromatic nitrogens is 2. The molecule has 0 radical (unpaired) electrons. The summed E-state index contributed by atoms with van der Waals surface area (Å²) in [4.78, 5) is 9.56. The zero-order valence-electron chi connectivity index (χ0n) is 15.7. The zero-order chi connectivity index (χ0) is 18.6. The van der Waals surface area contributed by atoms with Gasteiger partial charge in [-0.1, -0.05) is 68.4 Å². The molecule has 0 spiro atoms. The molecule has 0 aliphatic rings. The van der Waals surface area contributed by atoms with Crippen LogP contribution < -0.4 is 5.32 Å². The summed E-state index contributed by atoms with van der Waals surface area (Å²) in [7, 11) is 0. The van der Waals surface area contributed by atoms with Gasteiger partial charge in [-0.15, -0.1) is 0 Å². The molecular weight excluding hydrogens is 330 g/mol. The van der Waals surface area contributed by atoms with Gasteiger partial charge in [0.2, 0.25) is 0 Å². The van der Waals surface area contributed by atoms with Crippen molar-refractivity contribution in [2.45, 2.75) is 26.2 Å². The third-order valence-corrected chi connectivity index (χ3v) is 4.99. The SMILES string of the molecule is CCC(C)c1ccc(Nc2nc(-c3ccccc3)nc3ccccc23)cc1. The van der Waals surface area contributed by atoms with E-state index in [1.807, 2.05) is 48.5 Å². The fourth-order valence-electron chi connectivity index (χ4n) is 3.16. The van der Waals surface area contributed by atoms with Crippen molar-refractivity contribution in [2.24, 2.45) is 0 Å². The van der Waals surface area contributed by atoms with Crippen molar-refractivity contribution >= 4 is 22.4 Å². The maximum absolute atomic E-state index is 4.82. The van der Waals surface area contributed by atoms with E-state index in [9.17, 15) is 0 Å². The Morgan fingerprint density at radius 1 is 0.815 bits per heavy atom. The van der Waals surface area contributed by atoms with Crippen molar-refractivity contribution in [3.63, 3.8) is 0 Å². The number of rotatable bonds is 5. The highest BCUT2D eigenvalue weighted by Crippen LogP contribution is 2.28. The van der Waals surface area contributed by atoms with E-state index in [1.165, 1.54) is 5.56 Å². The number of anilines is 2. The van der Waals surface area contributed by atoms with Gasteiger partial charge in [0.05, 0.1) is 5.52 Å². The quantitative estimate of drug-likeness (QED) is 0.442. The molecule has 3 aromatic carbocycles. The molecule has 0 bridgehead atoms. The number of fused-ring (bicyclic) bond motifs is 1. The van der Waals surface area contributed by atoms with Crippen molar-refractivity contribution in [3.05, 3.63) is 84.4 Å². The number of hydrogen-bond acceptors (Lipinski definition) is 3. The maximum atomic E-state index is 4.82. The molecule has 0 amide bonds. The molecule has 1 aromatic heterocycles. The largest absolute Gasteiger partial charge is 0.340 e. The van der Waals surface area contributed by atoms with Crippen molar-refractivity contribution in [1.82, 2.24) is 9.97 Å². The molecule has 0 fully saturated rings. The van der Waals surface area contributed by atoms with E-state index in [4.69, 9.17) is 9.97 Å². The van der Waals surface area contributed by atoms with Gasteiger partial charge >= 0.3 is 0 Å². The van der Waals surface area contributed by atoms with Crippen LogP contribution in [-0.4, -0.2) is 9.97 Å². The van der Waals surface area contributed by atoms with Crippen LogP contribution in [0.1, 0.15) is 31.7 Å². The van der Waals surface area contributed by atoms with E-state index in [0.717, 1.165) is 40.2 Å². The zero-order valence-corrected chi connectivity index (χ0v) is 15.7. The minimum Gasteiger partial charge on any atom is -0.340 e. The minimum absolute atomic E-state index is 0.573. The monoisotopic (exact) mass is 353 g/mol. The van der Waals surface area contributed by atoms with Crippen molar-refractivity contribution < 1.29 is 0 Å². The highest BCUT2D eigenvalue weighted by Gasteiger charge is 2.10. The van der Waals surface area contributed by atoms with Gasteiger partial charge < -0.3 is 5.32 Å². The van der Waals surface area contributed by atoms with E-state index in [-0.39, 0.29) is 0 Å². The predicted molar refractivity (Wildman–Crippen MR) is 113 cm³/mol. The van der Waals surface area contributed by atoms with Gasteiger partial charge in [0, 0.05) is 16.6 Å². The third-order valence-electron chi connectivity index (χ3n) is 4.99. The summed E-state index contributed by atoms with van der Waals surface area (Å²) in [5.74, 6) is 2.13. The van der Waals surface area contributed by atoms with Crippen molar-refractivity contribution in [2.75, 3.05) is 5.32 Å². The Hall–Kier alpha value is -3.20. The molecule has 4 rings (SSSR count). The molecule has 0 saturated heterocycles. The summed E-state index contributed by atoms with van der Waals surface area (Å²) >= 11 is 0. The van der Waals surface area contributed by atoms with Crippen LogP contribution in [0.25, 0.3) is 22.3 Å². The van der Waals surface area contributed by atoms with Crippen LogP contribution in [0.15, 0.2) is 78.9 Å². The van der Waals surface area contributed by atoms with Crippen molar-refractivity contribution in [1.29, 1.82) is 0 Å². The van der Waals surface area contributed by atoms with E-state index in [0.29, 0.717) is 5.92 Å². The van der Waals surface area contributed by atoms with Gasteiger partial charge in [-0.05, 0) is 42.2 Å². The number of para-hydroxylation sites is 1. The third kappa shape index (κ3) is 3.68. The fourth-order valence-corrected chi connectivity index (χ4v) is 3.16. The van der Waals surface area contributed by atoms with E-state index in [2.05, 4.69) is 49.5 Å². The smallest absolute Gasteiger partial charge is 0.162 e. The normalized spacial score (nSPS) is 12.1. The van der Waals surface area contributed by atoms with Gasteiger partial charge in [0.15, 0.2) is 5.82 Å². The summed E-state index contributed by atoms with van der Waals surface area (Å²) in [5, 5.41) is 4.51. The summed E-state index contributed by atoms with van der Waals surface area (Å²) in [6, 6.07) is 26.8. The van der Waals surface area contributed by atoms with Gasteiger partial charge in [-0.3, -0.25) is 0 Å². The molecule has 1 N–H and O–H groups in total. The fraction of sp³-hybridized carbons (Fsp3) is 0.167. The molecule has 27 heavy (non-hydrogen) atoms. The number of benzene rings is 3. The first kappa shape index (κ1) is 17.2. The topological polar surface area (TPSA) is 37.8 Å². The molecule has 0 aliphatic heterocycles. The molecule has 4 aromatic rings. The molecule has 1 unspecified atom stereocenters. The van der Waals surface area contributed by atoms with Gasteiger partial charge in [0.1, 0.15) is 5.82 Å². The Labute approximate surface area is 160 Å². The Kier molecular flexibility index (Phi) is 4.84. The number of nitrogens with one attached hydrogen (secondary N) is 1. The summed E-state index contributed by atoms with van der Waals surface area (Å²) in [5.41, 5.74) is 4.34. The average molecular weight is 353 g/mol. The predicted octanol–water partition coefficient (Wildman–Crippen LogP) is 6.55. The Bertz CT molecular complexity index is 1040. The first-order valence-corrected chi connectivity index (χ1v) is 9.44. The van der Waals surface area contributed by atoms with Gasteiger partial charge in [0.25, 0.3) is 0 Å². The summed E-state index contributed by atoms with van der Waals surface area (Å²) in [6.45, 7) is 4.47. The van der Waals surface area contributed by atoms with E-state index >= 15 is 0 Å². The van der Waals surface area contributed by atoms with Gasteiger partial charge in [-0.25, -0.2) is 9.97 Å². The average Bonchev–Trinajstić information content (AvgIpc) is 2.74. The molecule has 134 valence electrons. The first-order chi connectivity index (χ1) is 13.2. The lowest BCUT2D eigenvalue weighted by Gasteiger charge is -2.13. The van der Waals surface area contributed by atoms with Crippen LogP contribution in [0.3, 0.4) is 0 Å². The van der Waals surface area contributed by atoms with Crippen molar-refractivity contribution in [3.8, 4) is 11.4 Å². The molecule has 1 atom stereocenters. The Morgan fingerprint density at radius 3 is 2.26 bits per heavy atom. The second-order valence-corrected chi connectivity index (χ2v) is 6.84. The first-order valence-electron chi connectivity index (χ1n) is 9.44. The van der Waals surface area contributed by atoms with Crippen LogP contribution in [0.4, 0.5) is 11.5 Å². The number of nitrogens with zero attached hydrogens (tertiary/aromatic N) is 2. The lowest BCUT2D eigenvalue weighted by atomic mass is 9.99. The molecule has 1 heterocycles. The lowest BCUT2D eigenvalue weighted by molar-refractivity contribution is 0.734. The number of hydrogen-bond donors (Lipinski definition) is 1. The lowest BCUT2D eigenvalue weighted by Crippen LogP contribution is -2.00. The Balaban J connectivity index is 1.74. The summed E-state index contributed by atoms with van der Waals surface area (Å²) in [6.07, 6.45) is 1.14. The highest BCUT2D eigenvalue weighted by atomic mass is 15.0. The van der Waals surface area contributed by atoms with Crippen LogP contribution in [0.2, 0.25) is 0 Å². The summed E-state index contributed by atoms with van der Waals surface area (Å²) < 4.78 is 0. The highest BCUT2D eigenvalue weighted by molar-refractivity contribution is 5.92. The second-order valence-electron chi connectivity index (χ2n) is 6.84. The standard InChI is InChI=1S/C24H23N3/c1-3-17(2)18-13-15-20(16-14-18)25-24-21-11-7-8-12-22(21)26-23(27-24)19-9-5-4-6-10-19/h4-17H,3H2,1-2H3,(H,25,26,27). The van der Waals surface area contributed by atoms with Gasteiger partial charge in [-0.2, -0.15) is 0 Å². The maximum Gasteiger partial charge on any atom is 0.162 e. The van der Waals surface area contributed by atoms with Crippen LogP contribution in [0, 0.1) is 0 Å². The molecule has 3 nitrogen and oxygen atoms in total. The van der Waals surface area contributed by atoms with Crippen LogP contribution >= 0.6 is 0 Å². The molecular formula is C24H23N3. The minimum atomic E-state index is 0.573. The second kappa shape index (κ2) is 7.58. The molecule has 0 aliphatic carbocycles. The Morgan fingerprint density at radius 2 is 1.52 bits per heavy atom. The van der Waals surface area contributed by atoms with Crippen LogP contribution in [-0.2, 0) is 0 Å². The molecule has 3 heteroatoms. The van der Waals surface area contributed by atoms with E-state index < -0.39 is 0 Å². The van der Waals surface area contributed by atoms with E-state index in [1.54, 1.807) is 0 Å². The molecule has 0 saturated carbocycles.